The van der Waals surface area contributed by atoms with Crippen molar-refractivity contribution >= 4 is 24.3 Å². The standard InChI is InChI=1S/C10H15BrNO2P/c1-3-13-15(14-4-2)8-10-6-5-9(11)7-12-10/h5-7H,3-4,8H2,1-2H3. The van der Waals surface area contributed by atoms with E-state index in [0.29, 0.717) is 13.2 Å². The summed E-state index contributed by atoms with van der Waals surface area (Å²) in [6, 6.07) is 3.96. The van der Waals surface area contributed by atoms with E-state index in [-0.39, 0.29) is 0 Å². The maximum absolute atomic E-state index is 5.51. The van der Waals surface area contributed by atoms with Gasteiger partial charge in [0.25, 0.3) is 0 Å². The SMILES string of the molecule is CCOP(Cc1ccc(Br)cn1)OCC. The fraction of sp³-hybridized carbons (Fsp3) is 0.500. The Hall–Kier alpha value is -0.0200. The van der Waals surface area contributed by atoms with Crippen molar-refractivity contribution in [3.63, 3.8) is 0 Å². The summed E-state index contributed by atoms with van der Waals surface area (Å²) >= 11 is 3.35. The lowest BCUT2D eigenvalue weighted by atomic mass is 10.4. The quantitative estimate of drug-likeness (QED) is 0.749. The van der Waals surface area contributed by atoms with Gasteiger partial charge in [-0.2, -0.15) is 0 Å². The smallest absolute Gasteiger partial charge is 0.176 e. The topological polar surface area (TPSA) is 31.4 Å². The molecule has 1 rings (SSSR count). The van der Waals surface area contributed by atoms with Gasteiger partial charge in [-0.3, -0.25) is 4.98 Å². The van der Waals surface area contributed by atoms with Crippen LogP contribution in [0.2, 0.25) is 0 Å². The molecule has 3 nitrogen and oxygen atoms in total. The highest BCUT2D eigenvalue weighted by Crippen LogP contribution is 2.41. The molecule has 0 bridgehead atoms. The predicted octanol–water partition coefficient (Wildman–Crippen LogP) is 3.73. The van der Waals surface area contributed by atoms with Crippen molar-refractivity contribution < 1.29 is 9.05 Å². The second-order valence-corrected chi connectivity index (χ2v) is 5.21. The third-order valence-corrected chi connectivity index (χ3v) is 3.77. The number of halogens is 1. The van der Waals surface area contributed by atoms with Crippen LogP contribution in [0.1, 0.15) is 19.5 Å². The maximum atomic E-state index is 5.51. The zero-order valence-corrected chi connectivity index (χ0v) is 11.4. The molecule has 1 aromatic rings. The molecule has 0 amide bonds. The molecular weight excluding hydrogens is 277 g/mol. The van der Waals surface area contributed by atoms with E-state index in [1.165, 1.54) is 0 Å². The lowest BCUT2D eigenvalue weighted by molar-refractivity contribution is 0.268. The summed E-state index contributed by atoms with van der Waals surface area (Å²) < 4.78 is 12.0. The summed E-state index contributed by atoms with van der Waals surface area (Å²) in [5.41, 5.74) is 1.01. The number of hydrogen-bond acceptors (Lipinski definition) is 3. The van der Waals surface area contributed by atoms with E-state index in [1.807, 2.05) is 26.0 Å². The van der Waals surface area contributed by atoms with Crippen LogP contribution in [0.15, 0.2) is 22.8 Å². The molecular formula is C10H15BrNO2P. The van der Waals surface area contributed by atoms with E-state index in [9.17, 15) is 0 Å². The normalized spacial score (nSPS) is 10.9. The fourth-order valence-electron chi connectivity index (χ4n) is 1.05. The molecule has 1 aromatic heterocycles. The van der Waals surface area contributed by atoms with Gasteiger partial charge in [0, 0.05) is 16.4 Å². The fourth-order valence-corrected chi connectivity index (χ4v) is 2.57. The molecule has 0 fully saturated rings. The summed E-state index contributed by atoms with van der Waals surface area (Å²) in [7, 11) is -0.825. The third-order valence-electron chi connectivity index (χ3n) is 1.63. The zero-order valence-electron chi connectivity index (χ0n) is 8.94. The van der Waals surface area contributed by atoms with Crippen LogP contribution in [0.4, 0.5) is 0 Å². The Bertz CT molecular complexity index is 275. The molecule has 0 N–H and O–H groups in total. The predicted molar refractivity (Wildman–Crippen MR) is 65.8 cm³/mol. The largest absolute Gasteiger partial charge is 0.334 e. The highest BCUT2D eigenvalue weighted by molar-refractivity contribution is 9.10. The average molecular weight is 292 g/mol. The Morgan fingerprint density at radius 2 is 1.93 bits per heavy atom. The van der Waals surface area contributed by atoms with E-state index >= 15 is 0 Å². The number of aromatic nitrogens is 1. The van der Waals surface area contributed by atoms with E-state index in [2.05, 4.69) is 20.9 Å². The summed E-state index contributed by atoms with van der Waals surface area (Å²) in [5.74, 6) is 0. The van der Waals surface area contributed by atoms with Crippen LogP contribution in [0, 0.1) is 0 Å². The zero-order chi connectivity index (χ0) is 11.1. The molecule has 0 aromatic carbocycles. The highest BCUT2D eigenvalue weighted by Gasteiger charge is 2.10. The van der Waals surface area contributed by atoms with Gasteiger partial charge >= 0.3 is 0 Å². The molecule has 0 spiro atoms. The number of nitrogens with zero attached hydrogens (tertiary/aromatic N) is 1. The minimum absolute atomic E-state index is 0.683. The molecule has 84 valence electrons. The average Bonchev–Trinajstić information content (AvgIpc) is 2.22. The van der Waals surface area contributed by atoms with Crippen LogP contribution in [0.3, 0.4) is 0 Å². The lowest BCUT2D eigenvalue weighted by Crippen LogP contribution is -1.95. The number of hydrogen-bond donors (Lipinski definition) is 0. The van der Waals surface area contributed by atoms with E-state index in [1.54, 1.807) is 6.20 Å². The van der Waals surface area contributed by atoms with Crippen molar-refractivity contribution in [3.05, 3.63) is 28.5 Å². The Morgan fingerprint density at radius 3 is 2.40 bits per heavy atom. The monoisotopic (exact) mass is 291 g/mol. The van der Waals surface area contributed by atoms with Gasteiger partial charge in [0.05, 0.1) is 19.4 Å². The molecule has 0 radical (unpaired) electrons. The van der Waals surface area contributed by atoms with Crippen LogP contribution in [0.5, 0.6) is 0 Å². The summed E-state index contributed by atoms with van der Waals surface area (Å²) in [5, 5.41) is 0. The molecule has 0 atom stereocenters. The Kier molecular flexibility index (Phi) is 6.34. The molecule has 0 aliphatic carbocycles. The third kappa shape index (κ3) is 5.03. The minimum atomic E-state index is -0.825. The van der Waals surface area contributed by atoms with Gasteiger partial charge in [-0.25, -0.2) is 0 Å². The van der Waals surface area contributed by atoms with Crippen molar-refractivity contribution in [2.75, 3.05) is 13.2 Å². The molecule has 0 saturated heterocycles. The van der Waals surface area contributed by atoms with Crippen molar-refractivity contribution in [2.45, 2.75) is 20.0 Å². The molecule has 1 heterocycles. The molecule has 0 saturated carbocycles. The van der Waals surface area contributed by atoms with Crippen LogP contribution < -0.4 is 0 Å². The molecule has 0 unspecified atom stereocenters. The van der Waals surface area contributed by atoms with E-state index in [0.717, 1.165) is 16.3 Å². The van der Waals surface area contributed by atoms with Gasteiger partial charge < -0.3 is 9.05 Å². The molecule has 15 heavy (non-hydrogen) atoms. The highest BCUT2D eigenvalue weighted by atomic mass is 79.9. The molecule has 5 heteroatoms. The summed E-state index contributed by atoms with van der Waals surface area (Å²) in [6.45, 7) is 5.32. The van der Waals surface area contributed by atoms with Crippen LogP contribution in [0.25, 0.3) is 0 Å². The first-order chi connectivity index (χ1) is 7.26. The molecule has 0 aliphatic rings. The van der Waals surface area contributed by atoms with Gasteiger partial charge in [-0.1, -0.05) is 0 Å². The van der Waals surface area contributed by atoms with E-state index < -0.39 is 8.38 Å². The Labute approximate surface area is 100 Å². The van der Waals surface area contributed by atoms with Crippen molar-refractivity contribution in [3.8, 4) is 0 Å². The van der Waals surface area contributed by atoms with Crippen molar-refractivity contribution in [2.24, 2.45) is 0 Å². The lowest BCUT2D eigenvalue weighted by Gasteiger charge is -2.14. The molecule has 0 aliphatic heterocycles. The second kappa shape index (κ2) is 7.29. The van der Waals surface area contributed by atoms with Crippen LogP contribution >= 0.6 is 24.3 Å². The Balaban J connectivity index is 2.53. The first-order valence-corrected chi connectivity index (χ1v) is 7.05. The van der Waals surface area contributed by atoms with E-state index in [4.69, 9.17) is 9.05 Å². The van der Waals surface area contributed by atoms with Gasteiger partial charge in [-0.15, -0.1) is 0 Å². The maximum Gasteiger partial charge on any atom is 0.176 e. The van der Waals surface area contributed by atoms with Crippen molar-refractivity contribution in [1.29, 1.82) is 0 Å². The first-order valence-electron chi connectivity index (χ1n) is 4.90. The van der Waals surface area contributed by atoms with Gasteiger partial charge in [-0.05, 0) is 41.9 Å². The number of rotatable bonds is 6. The second-order valence-electron chi connectivity index (χ2n) is 2.79. The Morgan fingerprint density at radius 1 is 1.27 bits per heavy atom. The first kappa shape index (κ1) is 13.0. The van der Waals surface area contributed by atoms with Crippen molar-refractivity contribution in [1.82, 2.24) is 4.98 Å². The van der Waals surface area contributed by atoms with Gasteiger partial charge in [0.15, 0.2) is 8.38 Å². The number of pyridine rings is 1. The van der Waals surface area contributed by atoms with Crippen LogP contribution in [-0.2, 0) is 15.2 Å². The van der Waals surface area contributed by atoms with Gasteiger partial charge in [0.1, 0.15) is 0 Å². The summed E-state index contributed by atoms with van der Waals surface area (Å²) in [4.78, 5) is 4.29. The van der Waals surface area contributed by atoms with Gasteiger partial charge in [0.2, 0.25) is 0 Å². The van der Waals surface area contributed by atoms with Crippen LogP contribution in [-0.4, -0.2) is 18.2 Å². The minimum Gasteiger partial charge on any atom is -0.334 e. The summed E-state index contributed by atoms with van der Waals surface area (Å²) in [6.07, 6.45) is 2.55.